The van der Waals surface area contributed by atoms with E-state index in [1.165, 1.54) is 4.90 Å². The van der Waals surface area contributed by atoms with Crippen molar-refractivity contribution in [2.75, 3.05) is 26.7 Å². The van der Waals surface area contributed by atoms with Crippen LogP contribution in [0.4, 0.5) is 4.79 Å². The van der Waals surface area contributed by atoms with Gasteiger partial charge in [-0.2, -0.15) is 0 Å². The lowest BCUT2D eigenvalue weighted by atomic mass is 9.91. The van der Waals surface area contributed by atoms with Crippen LogP contribution in [0, 0.1) is 18.3 Å². The highest BCUT2D eigenvalue weighted by Crippen LogP contribution is 2.57. The lowest BCUT2D eigenvalue weighted by Gasteiger charge is -2.34. The fourth-order valence-electron chi connectivity index (χ4n) is 8.20. The van der Waals surface area contributed by atoms with E-state index in [2.05, 4.69) is 10.0 Å². The van der Waals surface area contributed by atoms with Crippen molar-refractivity contribution in [3.05, 3.63) is 35.9 Å². The van der Waals surface area contributed by atoms with Crippen LogP contribution in [0.3, 0.4) is 0 Å². The van der Waals surface area contributed by atoms with Crippen molar-refractivity contribution >= 4 is 44.6 Å². The van der Waals surface area contributed by atoms with E-state index in [4.69, 9.17) is 19.2 Å². The minimum Gasteiger partial charge on any atom is -0.496 e. The van der Waals surface area contributed by atoms with Gasteiger partial charge in [-0.05, 0) is 90.7 Å². The van der Waals surface area contributed by atoms with Gasteiger partial charge in [0, 0.05) is 42.9 Å². The molecule has 7 rings (SSSR count). The van der Waals surface area contributed by atoms with Crippen LogP contribution in [0.1, 0.15) is 97.0 Å². The number of ether oxygens (including phenoxy) is 3. The first-order chi connectivity index (χ1) is 26.6. The number of likely N-dealkylation sites (tertiary alicyclic amines) is 1. The number of rotatable bonds is 9. The Morgan fingerprint density at radius 2 is 1.82 bits per heavy atom. The molecule has 2 aliphatic carbocycles. The zero-order valence-electron chi connectivity index (χ0n) is 33.1. The summed E-state index contributed by atoms with van der Waals surface area (Å²) in [5.74, 6) is -0.252. The SMILES string of the molecule is COc1ccc2c(O[C@@H]3C[C@H]4C(=O)C[C@]5(C(=O)NS(=O)(=O)C6(C)CC6)C[C@@H]5/C=C\CCCCC[C@H](NC(=O)N5CCC5)C(=O)N4C3)cc(OC(C)C)nc2c1C. The monoisotopic (exact) mass is 793 g/mol. The number of nitrogens with one attached hydrogen (secondary N) is 2. The Morgan fingerprint density at radius 3 is 2.50 bits per heavy atom. The van der Waals surface area contributed by atoms with Crippen molar-refractivity contribution in [3.8, 4) is 17.4 Å². The first kappa shape index (κ1) is 39.8. The number of aromatic nitrogens is 1. The molecule has 0 bridgehead atoms. The second kappa shape index (κ2) is 15.5. The van der Waals surface area contributed by atoms with Crippen LogP contribution in [0.25, 0.3) is 10.9 Å². The summed E-state index contributed by atoms with van der Waals surface area (Å²) in [6.45, 7) is 8.61. The second-order valence-electron chi connectivity index (χ2n) is 16.8. The Kier molecular flexibility index (Phi) is 11.0. The van der Waals surface area contributed by atoms with E-state index in [1.54, 1.807) is 25.0 Å². The van der Waals surface area contributed by atoms with Crippen LogP contribution in [0.15, 0.2) is 30.4 Å². The molecule has 5 aliphatic rings. The number of pyridine rings is 1. The standard InChI is InChI=1S/C41H55N5O9S/c1-25(2)54-35-21-34(29-14-15-33(53-5)26(3)36(29)43-35)55-28-20-31-32(47)23-41(38(49)44-56(51,52)40(4)16-17-40)22-27(41)12-9-7-6-8-10-13-30(37(48)46(31)24-28)42-39(50)45-18-11-19-45/h9,12,14-15,21,25,27-28,30-31H,6-8,10-11,13,16-20,22-24H2,1-5H3,(H,42,50)(H,44,49)/b12-9-/t27-,28+,30-,31-,41+/m0/s1. The number of carbonyl (C=O) groups excluding carboxylic acids is 4. The lowest BCUT2D eigenvalue weighted by molar-refractivity contribution is -0.140. The van der Waals surface area contributed by atoms with Crippen molar-refractivity contribution in [2.24, 2.45) is 11.3 Å². The minimum atomic E-state index is -3.95. The molecule has 2 saturated heterocycles. The first-order valence-corrected chi connectivity index (χ1v) is 21.6. The molecule has 15 heteroatoms. The molecular weight excluding hydrogens is 739 g/mol. The third-order valence-electron chi connectivity index (χ3n) is 12.3. The molecule has 56 heavy (non-hydrogen) atoms. The average Bonchev–Trinajstić information content (AvgIpc) is 3.99. The summed E-state index contributed by atoms with van der Waals surface area (Å²) in [5.41, 5.74) is 0.164. The Bertz CT molecular complexity index is 2030. The number of urea groups is 1. The number of carbonyl (C=O) groups is 4. The number of aryl methyl sites for hydroxylation is 1. The Labute approximate surface area is 329 Å². The maximum Gasteiger partial charge on any atom is 0.318 e. The van der Waals surface area contributed by atoms with Gasteiger partial charge in [0.1, 0.15) is 23.6 Å². The van der Waals surface area contributed by atoms with Crippen molar-refractivity contribution in [1.82, 2.24) is 24.8 Å². The van der Waals surface area contributed by atoms with Gasteiger partial charge in [0.2, 0.25) is 27.7 Å². The zero-order valence-corrected chi connectivity index (χ0v) is 33.9. The van der Waals surface area contributed by atoms with Gasteiger partial charge >= 0.3 is 6.03 Å². The van der Waals surface area contributed by atoms with Crippen LogP contribution in [-0.2, 0) is 24.4 Å². The summed E-state index contributed by atoms with van der Waals surface area (Å²) in [5, 5.41) is 3.68. The molecule has 4 amide bonds. The topological polar surface area (TPSA) is 174 Å². The molecule has 304 valence electrons. The largest absolute Gasteiger partial charge is 0.496 e. The summed E-state index contributed by atoms with van der Waals surface area (Å²) in [7, 11) is -2.36. The molecule has 14 nitrogen and oxygen atoms in total. The van der Waals surface area contributed by atoms with E-state index >= 15 is 0 Å². The predicted octanol–water partition coefficient (Wildman–Crippen LogP) is 4.96. The van der Waals surface area contributed by atoms with Crippen molar-refractivity contribution in [1.29, 1.82) is 0 Å². The highest BCUT2D eigenvalue weighted by Gasteiger charge is 2.62. The van der Waals surface area contributed by atoms with Gasteiger partial charge < -0.3 is 29.3 Å². The molecule has 2 aromatic rings. The van der Waals surface area contributed by atoms with Crippen LogP contribution in [0.5, 0.6) is 17.4 Å². The van der Waals surface area contributed by atoms with Gasteiger partial charge in [-0.15, -0.1) is 0 Å². The molecule has 2 saturated carbocycles. The highest BCUT2D eigenvalue weighted by molar-refractivity contribution is 7.91. The van der Waals surface area contributed by atoms with E-state index in [0.717, 1.165) is 31.2 Å². The number of methoxy groups -OCH3 is 1. The van der Waals surface area contributed by atoms with Gasteiger partial charge in [0.05, 0.1) is 41.5 Å². The number of hydrogen-bond donors (Lipinski definition) is 2. The highest BCUT2D eigenvalue weighted by atomic mass is 32.2. The van der Waals surface area contributed by atoms with Crippen LogP contribution in [0.2, 0.25) is 0 Å². The summed E-state index contributed by atoms with van der Waals surface area (Å²) >= 11 is 0. The van der Waals surface area contributed by atoms with Crippen LogP contribution < -0.4 is 24.2 Å². The van der Waals surface area contributed by atoms with Gasteiger partial charge in [0.15, 0.2) is 5.78 Å². The van der Waals surface area contributed by atoms with E-state index in [-0.39, 0.29) is 49.1 Å². The lowest BCUT2D eigenvalue weighted by Crippen LogP contribution is -2.56. The zero-order chi connectivity index (χ0) is 40.0. The van der Waals surface area contributed by atoms with Crippen molar-refractivity contribution < 1.29 is 41.8 Å². The van der Waals surface area contributed by atoms with Gasteiger partial charge in [-0.25, -0.2) is 18.2 Å². The summed E-state index contributed by atoms with van der Waals surface area (Å²) in [4.78, 5) is 64.4. The molecule has 3 aliphatic heterocycles. The van der Waals surface area contributed by atoms with E-state index < -0.39 is 44.3 Å². The molecule has 0 spiro atoms. The maximum absolute atomic E-state index is 14.7. The molecule has 4 heterocycles. The van der Waals surface area contributed by atoms with Crippen molar-refractivity contribution in [3.63, 3.8) is 0 Å². The first-order valence-electron chi connectivity index (χ1n) is 20.1. The molecule has 1 aromatic carbocycles. The molecule has 2 N–H and O–H groups in total. The van der Waals surface area contributed by atoms with Gasteiger partial charge in [-0.1, -0.05) is 25.0 Å². The van der Waals surface area contributed by atoms with Gasteiger partial charge in [0.25, 0.3) is 0 Å². The molecule has 4 fully saturated rings. The summed E-state index contributed by atoms with van der Waals surface area (Å²) in [6, 6.07) is 3.25. The number of fused-ring (bicyclic) bond motifs is 3. The Morgan fingerprint density at radius 1 is 1.05 bits per heavy atom. The normalized spacial score (nSPS) is 28.2. The Hall–Kier alpha value is -4.40. The molecule has 1 aromatic heterocycles. The number of benzene rings is 1. The Balaban J connectivity index is 1.22. The maximum atomic E-state index is 14.7. The number of ketones is 1. The minimum absolute atomic E-state index is 0.0555. The number of amides is 4. The fraction of sp³-hybridized carbons (Fsp3) is 0.634. The summed E-state index contributed by atoms with van der Waals surface area (Å²) < 4.78 is 46.1. The number of nitrogens with zero attached hydrogens (tertiary/aromatic N) is 3. The molecule has 5 atom stereocenters. The van der Waals surface area contributed by atoms with E-state index in [9.17, 15) is 27.6 Å². The molecular formula is C41H55N5O9S. The number of Topliss-reactive ketones (excluding diaryl/α,β-unsaturated/α-hetero) is 1. The number of hydrogen-bond acceptors (Lipinski definition) is 10. The quantitative estimate of drug-likeness (QED) is 0.331. The third kappa shape index (κ3) is 7.92. The fourth-order valence-corrected chi connectivity index (χ4v) is 9.54. The number of sulfonamides is 1. The molecule has 0 unspecified atom stereocenters. The van der Waals surface area contributed by atoms with Crippen LogP contribution >= 0.6 is 0 Å². The van der Waals surface area contributed by atoms with E-state index in [0.29, 0.717) is 73.5 Å². The average molecular weight is 794 g/mol. The van der Waals surface area contributed by atoms with Gasteiger partial charge in [-0.3, -0.25) is 19.1 Å². The van der Waals surface area contributed by atoms with E-state index in [1.807, 2.05) is 45.1 Å². The second-order valence-corrected chi connectivity index (χ2v) is 19.0. The predicted molar refractivity (Wildman–Crippen MR) is 209 cm³/mol. The smallest absolute Gasteiger partial charge is 0.318 e. The summed E-state index contributed by atoms with van der Waals surface area (Å²) in [6.07, 6.45) is 8.67. The van der Waals surface area contributed by atoms with Crippen molar-refractivity contribution in [2.45, 2.75) is 127 Å². The third-order valence-corrected chi connectivity index (χ3v) is 14.4. The number of allylic oxidation sites excluding steroid dienone is 2. The molecule has 0 radical (unpaired) electrons. The van der Waals surface area contributed by atoms with Crippen LogP contribution in [-0.4, -0.2) is 103 Å².